The fourth-order valence-corrected chi connectivity index (χ4v) is 4.89. The summed E-state index contributed by atoms with van der Waals surface area (Å²) in [7, 11) is -1.42. The lowest BCUT2D eigenvalue weighted by Gasteiger charge is -2.37. The average molecular weight is 330 g/mol. The van der Waals surface area contributed by atoms with E-state index in [0.717, 1.165) is 38.0 Å². The molecule has 1 aliphatic heterocycles. The summed E-state index contributed by atoms with van der Waals surface area (Å²) < 4.78 is 26.3. The van der Waals surface area contributed by atoms with Crippen LogP contribution in [0.15, 0.2) is 18.3 Å². The molecule has 1 saturated heterocycles. The normalized spacial score (nSPS) is 23.6. The minimum atomic E-state index is -3.13. The lowest BCUT2D eigenvalue weighted by molar-refractivity contribution is 0.319. The number of pyridine rings is 1. The molecule has 0 spiro atoms. The van der Waals surface area contributed by atoms with E-state index in [1.165, 1.54) is 0 Å². The highest BCUT2D eigenvalue weighted by Crippen LogP contribution is 2.33. The summed E-state index contributed by atoms with van der Waals surface area (Å²) in [6, 6.07) is 3.62. The van der Waals surface area contributed by atoms with Gasteiger partial charge in [-0.15, -0.1) is 0 Å². The molecule has 0 bridgehead atoms. The zero-order chi connectivity index (χ0) is 15.0. The van der Waals surface area contributed by atoms with E-state index >= 15 is 0 Å². The van der Waals surface area contributed by atoms with Crippen LogP contribution < -0.4 is 4.90 Å². The molecule has 0 N–H and O–H groups in total. The predicted molar refractivity (Wildman–Crippen MR) is 84.2 cm³/mol. The Bertz CT molecular complexity index is 618. The number of anilines is 1. The topological polar surface area (TPSA) is 53.5 Å². The molecule has 0 aromatic carbocycles. The van der Waals surface area contributed by atoms with Gasteiger partial charge >= 0.3 is 0 Å². The van der Waals surface area contributed by atoms with E-state index in [1.807, 2.05) is 6.07 Å². The number of rotatable bonds is 4. The van der Waals surface area contributed by atoms with Crippen LogP contribution in [0.1, 0.15) is 25.7 Å². The van der Waals surface area contributed by atoms with Crippen molar-refractivity contribution in [1.29, 1.82) is 0 Å². The third-order valence-electron chi connectivity index (χ3n) is 4.30. The van der Waals surface area contributed by atoms with Crippen molar-refractivity contribution in [3.8, 4) is 0 Å². The molecule has 116 valence electrons. The average Bonchev–Trinajstić information content (AvgIpc) is 3.32. The van der Waals surface area contributed by atoms with E-state index in [-0.39, 0.29) is 11.3 Å². The second kappa shape index (κ2) is 5.74. The highest BCUT2D eigenvalue weighted by Gasteiger charge is 2.41. The molecule has 1 aromatic rings. The summed E-state index contributed by atoms with van der Waals surface area (Å²) in [6.07, 6.45) is 5.16. The van der Waals surface area contributed by atoms with Crippen molar-refractivity contribution in [2.24, 2.45) is 0 Å². The smallest absolute Gasteiger partial charge is 0.217 e. The van der Waals surface area contributed by atoms with Crippen molar-refractivity contribution in [3.05, 3.63) is 23.4 Å². The molecule has 1 atom stereocenters. The van der Waals surface area contributed by atoms with Crippen LogP contribution in [0.3, 0.4) is 0 Å². The first-order valence-corrected chi connectivity index (χ1v) is 9.20. The summed E-state index contributed by atoms with van der Waals surface area (Å²) >= 11 is 6.20. The van der Waals surface area contributed by atoms with Gasteiger partial charge in [0.05, 0.1) is 10.3 Å². The maximum Gasteiger partial charge on any atom is 0.217 e. The van der Waals surface area contributed by atoms with Gasteiger partial charge in [0, 0.05) is 32.4 Å². The molecule has 1 aliphatic carbocycles. The number of piperidine rings is 1. The Balaban J connectivity index is 1.75. The van der Waals surface area contributed by atoms with E-state index in [2.05, 4.69) is 9.88 Å². The maximum absolute atomic E-state index is 12.4. The predicted octanol–water partition coefficient (Wildman–Crippen LogP) is 2.13. The van der Waals surface area contributed by atoms with Crippen molar-refractivity contribution in [3.63, 3.8) is 0 Å². The number of halogens is 1. The molecule has 2 heterocycles. The van der Waals surface area contributed by atoms with Crippen molar-refractivity contribution < 1.29 is 8.42 Å². The number of likely N-dealkylation sites (N-methyl/N-ethyl adjacent to an activating group) is 1. The van der Waals surface area contributed by atoms with Gasteiger partial charge in [-0.05, 0) is 37.8 Å². The van der Waals surface area contributed by atoms with Crippen molar-refractivity contribution in [2.75, 3.05) is 25.0 Å². The van der Waals surface area contributed by atoms with Gasteiger partial charge in [0.15, 0.2) is 0 Å². The van der Waals surface area contributed by atoms with Crippen LogP contribution >= 0.6 is 11.6 Å². The molecule has 1 saturated carbocycles. The molecule has 5 nitrogen and oxygen atoms in total. The molecule has 0 radical (unpaired) electrons. The summed E-state index contributed by atoms with van der Waals surface area (Å²) in [4.78, 5) is 6.42. The Kier molecular flexibility index (Phi) is 4.12. The van der Waals surface area contributed by atoms with Crippen LogP contribution in [0, 0.1) is 0 Å². The molecule has 21 heavy (non-hydrogen) atoms. The lowest BCUT2D eigenvalue weighted by Crippen LogP contribution is -2.49. The third kappa shape index (κ3) is 3.03. The number of sulfonamides is 1. The number of hydrogen-bond acceptors (Lipinski definition) is 4. The van der Waals surface area contributed by atoms with Crippen molar-refractivity contribution in [1.82, 2.24) is 9.29 Å². The Labute approximate surface area is 131 Å². The number of nitrogens with zero attached hydrogens (tertiary/aromatic N) is 3. The molecule has 1 unspecified atom stereocenters. The SMILES string of the molecule is CN(C1CCCN(c2ncccc2Cl)C1)S(=O)(=O)C1CC1. The first-order chi connectivity index (χ1) is 10.00. The summed E-state index contributed by atoms with van der Waals surface area (Å²) in [5.41, 5.74) is 0. The van der Waals surface area contributed by atoms with Gasteiger partial charge in [0.2, 0.25) is 10.0 Å². The molecule has 3 rings (SSSR count). The van der Waals surface area contributed by atoms with Gasteiger partial charge in [-0.25, -0.2) is 13.4 Å². The fourth-order valence-electron chi connectivity index (χ4n) is 2.86. The van der Waals surface area contributed by atoms with Crippen molar-refractivity contribution >= 4 is 27.4 Å². The molecule has 1 aromatic heterocycles. The van der Waals surface area contributed by atoms with Gasteiger partial charge in [0.25, 0.3) is 0 Å². The second-order valence-corrected chi connectivity index (χ2v) is 8.49. The van der Waals surface area contributed by atoms with E-state index in [9.17, 15) is 8.42 Å². The van der Waals surface area contributed by atoms with Crippen LogP contribution in [0.5, 0.6) is 0 Å². The summed E-state index contributed by atoms with van der Waals surface area (Å²) in [5.74, 6) is 0.751. The molecular weight excluding hydrogens is 310 g/mol. The molecule has 0 amide bonds. The number of hydrogen-bond donors (Lipinski definition) is 0. The van der Waals surface area contributed by atoms with Gasteiger partial charge in [0.1, 0.15) is 5.82 Å². The van der Waals surface area contributed by atoms with Crippen LogP contribution in [0.25, 0.3) is 0 Å². The summed E-state index contributed by atoms with van der Waals surface area (Å²) in [5, 5.41) is 0.460. The molecule has 7 heteroatoms. The Hall–Kier alpha value is -0.850. The van der Waals surface area contributed by atoms with Gasteiger partial charge in [-0.2, -0.15) is 4.31 Å². The van der Waals surface area contributed by atoms with Crippen molar-refractivity contribution in [2.45, 2.75) is 37.0 Å². The van der Waals surface area contributed by atoms with Gasteiger partial charge < -0.3 is 4.90 Å². The molecule has 2 fully saturated rings. The van der Waals surface area contributed by atoms with E-state index in [1.54, 1.807) is 23.6 Å². The quantitative estimate of drug-likeness (QED) is 0.849. The Morgan fingerprint density at radius 3 is 2.81 bits per heavy atom. The highest BCUT2D eigenvalue weighted by atomic mass is 35.5. The minimum Gasteiger partial charge on any atom is -0.354 e. The van der Waals surface area contributed by atoms with E-state index in [0.29, 0.717) is 11.6 Å². The van der Waals surface area contributed by atoms with Crippen LogP contribution in [0.4, 0.5) is 5.82 Å². The van der Waals surface area contributed by atoms with Crippen LogP contribution in [-0.4, -0.2) is 49.1 Å². The zero-order valence-electron chi connectivity index (χ0n) is 12.1. The number of aromatic nitrogens is 1. The first kappa shape index (κ1) is 15.1. The maximum atomic E-state index is 12.4. The largest absolute Gasteiger partial charge is 0.354 e. The van der Waals surface area contributed by atoms with Crippen LogP contribution in [0.2, 0.25) is 5.02 Å². The fraction of sp³-hybridized carbons (Fsp3) is 0.643. The van der Waals surface area contributed by atoms with Crippen LogP contribution in [-0.2, 0) is 10.0 Å². The highest BCUT2D eigenvalue weighted by molar-refractivity contribution is 7.90. The Morgan fingerprint density at radius 2 is 2.14 bits per heavy atom. The lowest BCUT2D eigenvalue weighted by atomic mass is 10.1. The van der Waals surface area contributed by atoms with E-state index < -0.39 is 10.0 Å². The third-order valence-corrected chi connectivity index (χ3v) is 7.01. The standard InChI is InChI=1S/C14H20ClN3O2S/c1-17(21(19,20)12-6-7-12)11-4-3-9-18(10-11)14-13(15)5-2-8-16-14/h2,5,8,11-12H,3-4,6-7,9-10H2,1H3. The van der Waals surface area contributed by atoms with E-state index in [4.69, 9.17) is 11.6 Å². The van der Waals surface area contributed by atoms with Gasteiger partial charge in [-0.3, -0.25) is 0 Å². The first-order valence-electron chi connectivity index (χ1n) is 7.32. The molecular formula is C14H20ClN3O2S. The summed E-state index contributed by atoms with van der Waals surface area (Å²) in [6.45, 7) is 1.52. The monoisotopic (exact) mass is 329 g/mol. The Morgan fingerprint density at radius 1 is 1.38 bits per heavy atom. The molecule has 2 aliphatic rings. The second-order valence-electron chi connectivity index (χ2n) is 5.81. The van der Waals surface area contributed by atoms with Gasteiger partial charge in [-0.1, -0.05) is 11.6 Å². The zero-order valence-corrected chi connectivity index (χ0v) is 13.6. The minimum absolute atomic E-state index is 0.00224.